The maximum atomic E-state index is 6.42. The van der Waals surface area contributed by atoms with E-state index < -0.39 is 0 Å². The highest BCUT2D eigenvalue weighted by molar-refractivity contribution is 6.17. The quantitative estimate of drug-likeness (QED) is 0.160. The lowest BCUT2D eigenvalue weighted by atomic mass is 9.93. The fraction of sp³-hybridized carbons (Fsp3) is 0. The number of hydrogen-bond donors (Lipinski definition) is 0. The summed E-state index contributed by atoms with van der Waals surface area (Å²) < 4.78 is 6.42. The van der Waals surface area contributed by atoms with Gasteiger partial charge in [0, 0.05) is 33.2 Å². The lowest BCUT2D eigenvalue weighted by molar-refractivity contribution is 0.672. The summed E-state index contributed by atoms with van der Waals surface area (Å²) in [6.07, 6.45) is 0. The van der Waals surface area contributed by atoms with E-state index in [4.69, 9.17) is 4.42 Å². The van der Waals surface area contributed by atoms with Crippen LogP contribution in [0.15, 0.2) is 217 Å². The Kier molecular flexibility index (Phi) is 7.53. The van der Waals surface area contributed by atoms with Gasteiger partial charge >= 0.3 is 0 Å². The van der Waals surface area contributed by atoms with Gasteiger partial charge in [-0.15, -0.1) is 0 Å². The number of nitrogens with zero attached hydrogens (tertiary/aromatic N) is 1. The van der Waals surface area contributed by atoms with Crippen molar-refractivity contribution in [1.29, 1.82) is 0 Å². The van der Waals surface area contributed by atoms with Crippen molar-refractivity contribution in [3.05, 3.63) is 212 Å². The zero-order chi connectivity index (χ0) is 37.0. The second kappa shape index (κ2) is 13.2. The van der Waals surface area contributed by atoms with Crippen LogP contribution in [0, 0.1) is 0 Å². The molecule has 0 N–H and O–H groups in total. The maximum Gasteiger partial charge on any atom is 0.143 e. The second-order valence-electron chi connectivity index (χ2n) is 14.5. The van der Waals surface area contributed by atoms with Gasteiger partial charge in [-0.25, -0.2) is 0 Å². The summed E-state index contributed by atoms with van der Waals surface area (Å²) in [6.45, 7) is 0. The van der Waals surface area contributed by atoms with E-state index >= 15 is 0 Å². The van der Waals surface area contributed by atoms with Crippen LogP contribution in [-0.2, 0) is 0 Å². The van der Waals surface area contributed by atoms with Gasteiger partial charge in [-0.3, -0.25) is 0 Å². The van der Waals surface area contributed by atoms with Gasteiger partial charge in [0.15, 0.2) is 0 Å². The predicted molar refractivity (Wildman–Crippen MR) is 237 cm³/mol. The molecule has 11 aromatic rings. The Morgan fingerprint density at radius 1 is 0.286 bits per heavy atom. The van der Waals surface area contributed by atoms with Crippen LogP contribution in [0.1, 0.15) is 0 Å². The summed E-state index contributed by atoms with van der Waals surface area (Å²) in [6, 6.07) is 76.5. The Bertz CT molecular complexity index is 3230. The normalized spacial score (nSPS) is 11.6. The van der Waals surface area contributed by atoms with Crippen LogP contribution >= 0.6 is 0 Å². The smallest absolute Gasteiger partial charge is 0.143 e. The summed E-state index contributed by atoms with van der Waals surface area (Å²) in [5.74, 6) is 0. The molecule has 262 valence electrons. The van der Waals surface area contributed by atoms with Gasteiger partial charge in [-0.2, -0.15) is 0 Å². The number of rotatable bonds is 6. The molecular formula is C54H35NO. The molecule has 11 rings (SSSR count). The molecule has 0 saturated carbocycles. The molecule has 0 unspecified atom stereocenters. The van der Waals surface area contributed by atoms with E-state index in [1.54, 1.807) is 0 Å². The fourth-order valence-electron chi connectivity index (χ4n) is 8.57. The number of anilines is 3. The van der Waals surface area contributed by atoms with E-state index in [1.165, 1.54) is 54.7 Å². The molecule has 2 nitrogen and oxygen atoms in total. The van der Waals surface area contributed by atoms with Gasteiger partial charge in [0.25, 0.3) is 0 Å². The average molecular weight is 714 g/mol. The molecule has 0 spiro atoms. The molecular weight excluding hydrogens is 679 g/mol. The summed E-state index contributed by atoms with van der Waals surface area (Å²) in [7, 11) is 0. The highest BCUT2D eigenvalue weighted by Crippen LogP contribution is 2.42. The molecule has 2 heteroatoms. The third kappa shape index (κ3) is 5.34. The van der Waals surface area contributed by atoms with Crippen LogP contribution in [0.25, 0.3) is 87.6 Å². The van der Waals surface area contributed by atoms with E-state index in [0.29, 0.717) is 0 Å². The minimum absolute atomic E-state index is 0.917. The molecule has 0 atom stereocenters. The standard InChI is InChI=1S/C54H35NO/c1-2-12-36(13-3-1)39-15-10-16-43(34-39)55(42-30-26-38(27-31-42)52-35-40-14-4-5-17-45(40)46-18-6-7-19-47(46)52)41-28-24-37(25-29-41)44-21-11-22-50-48(44)32-33-51-49-20-8-9-23-53(49)56-54(50)51/h1-35H. The van der Waals surface area contributed by atoms with E-state index in [-0.39, 0.29) is 0 Å². The van der Waals surface area contributed by atoms with Crippen LogP contribution in [0.3, 0.4) is 0 Å². The largest absolute Gasteiger partial charge is 0.455 e. The SMILES string of the molecule is c1ccc(-c2cccc(N(c3ccc(-c4cc5ccccc5c5ccccc45)cc3)c3ccc(-c4cccc5c4ccc4c6ccccc6oc54)cc3)c2)cc1. The Balaban J connectivity index is 1.02. The van der Waals surface area contributed by atoms with E-state index in [2.05, 4.69) is 205 Å². The Morgan fingerprint density at radius 3 is 1.62 bits per heavy atom. The maximum absolute atomic E-state index is 6.42. The molecule has 0 fully saturated rings. The average Bonchev–Trinajstić information content (AvgIpc) is 3.66. The Labute approximate surface area is 325 Å². The predicted octanol–water partition coefficient (Wildman–Crippen LogP) is 15.5. The van der Waals surface area contributed by atoms with Crippen LogP contribution in [0.2, 0.25) is 0 Å². The van der Waals surface area contributed by atoms with E-state index in [9.17, 15) is 0 Å². The third-order valence-corrected chi connectivity index (χ3v) is 11.3. The molecule has 1 aromatic heterocycles. The molecule has 56 heavy (non-hydrogen) atoms. The van der Waals surface area contributed by atoms with Crippen molar-refractivity contribution in [1.82, 2.24) is 0 Å². The molecule has 0 aliphatic heterocycles. The first kappa shape index (κ1) is 32.0. The van der Waals surface area contributed by atoms with Crippen molar-refractivity contribution in [2.45, 2.75) is 0 Å². The van der Waals surface area contributed by atoms with Crippen molar-refractivity contribution in [3.8, 4) is 33.4 Å². The van der Waals surface area contributed by atoms with E-state index in [0.717, 1.165) is 50.0 Å². The molecule has 0 amide bonds. The minimum Gasteiger partial charge on any atom is -0.455 e. The molecule has 0 aliphatic carbocycles. The van der Waals surface area contributed by atoms with Gasteiger partial charge in [-0.05, 0) is 115 Å². The molecule has 0 bridgehead atoms. The first-order valence-electron chi connectivity index (χ1n) is 19.2. The second-order valence-corrected chi connectivity index (χ2v) is 14.5. The van der Waals surface area contributed by atoms with Crippen molar-refractivity contribution < 1.29 is 4.42 Å². The van der Waals surface area contributed by atoms with Crippen LogP contribution in [-0.4, -0.2) is 0 Å². The molecule has 1 heterocycles. The van der Waals surface area contributed by atoms with Crippen LogP contribution in [0.5, 0.6) is 0 Å². The summed E-state index contributed by atoms with van der Waals surface area (Å²) in [4.78, 5) is 2.36. The summed E-state index contributed by atoms with van der Waals surface area (Å²) in [5, 5.41) is 9.66. The van der Waals surface area contributed by atoms with Crippen molar-refractivity contribution >= 4 is 71.3 Å². The van der Waals surface area contributed by atoms with Crippen LogP contribution in [0.4, 0.5) is 17.1 Å². The van der Waals surface area contributed by atoms with Crippen LogP contribution < -0.4 is 4.90 Å². The number of hydrogen-bond acceptors (Lipinski definition) is 2. The molecule has 0 aliphatic rings. The zero-order valence-corrected chi connectivity index (χ0v) is 30.6. The fourth-order valence-corrected chi connectivity index (χ4v) is 8.57. The summed E-state index contributed by atoms with van der Waals surface area (Å²) in [5.41, 5.74) is 12.3. The summed E-state index contributed by atoms with van der Waals surface area (Å²) >= 11 is 0. The zero-order valence-electron chi connectivity index (χ0n) is 30.6. The van der Waals surface area contributed by atoms with Crippen molar-refractivity contribution in [3.63, 3.8) is 0 Å². The third-order valence-electron chi connectivity index (χ3n) is 11.3. The molecule has 0 saturated heterocycles. The molecule has 0 radical (unpaired) electrons. The molecule has 10 aromatic carbocycles. The first-order chi connectivity index (χ1) is 27.8. The lowest BCUT2D eigenvalue weighted by Gasteiger charge is -2.26. The lowest BCUT2D eigenvalue weighted by Crippen LogP contribution is -2.10. The van der Waals surface area contributed by atoms with Gasteiger partial charge in [0.1, 0.15) is 11.2 Å². The number of furan rings is 1. The van der Waals surface area contributed by atoms with Crippen molar-refractivity contribution in [2.24, 2.45) is 0 Å². The van der Waals surface area contributed by atoms with Gasteiger partial charge in [0.2, 0.25) is 0 Å². The Morgan fingerprint density at radius 2 is 0.839 bits per heavy atom. The topological polar surface area (TPSA) is 16.4 Å². The van der Waals surface area contributed by atoms with Crippen molar-refractivity contribution in [2.75, 3.05) is 4.90 Å². The van der Waals surface area contributed by atoms with E-state index in [1.807, 2.05) is 12.1 Å². The number of benzene rings is 10. The highest BCUT2D eigenvalue weighted by Gasteiger charge is 2.17. The van der Waals surface area contributed by atoms with Gasteiger partial charge in [0.05, 0.1) is 0 Å². The highest BCUT2D eigenvalue weighted by atomic mass is 16.3. The Hall–Kier alpha value is -7.42. The van der Waals surface area contributed by atoms with Gasteiger partial charge < -0.3 is 9.32 Å². The number of para-hydroxylation sites is 1. The van der Waals surface area contributed by atoms with Gasteiger partial charge in [-0.1, -0.05) is 158 Å². The monoisotopic (exact) mass is 713 g/mol. The minimum atomic E-state index is 0.917. The first-order valence-corrected chi connectivity index (χ1v) is 19.2. The number of fused-ring (bicyclic) bond motifs is 8.